The van der Waals surface area contributed by atoms with Gasteiger partial charge in [0.1, 0.15) is 11.1 Å². The van der Waals surface area contributed by atoms with Crippen LogP contribution in [-0.4, -0.2) is 19.6 Å². The van der Waals surface area contributed by atoms with Crippen molar-refractivity contribution in [2.45, 2.75) is 6.42 Å². The molecule has 2 aromatic carbocycles. The summed E-state index contributed by atoms with van der Waals surface area (Å²) < 4.78 is 23.6. The second-order valence-electron chi connectivity index (χ2n) is 5.46. The Balaban J connectivity index is 1.68. The number of halogens is 1. The van der Waals surface area contributed by atoms with E-state index < -0.39 is 17.3 Å². The SMILES string of the molecule is COc1ccc(CCNC(=O)c2cc3ccccc3oc2=O)cc1F. The third kappa shape index (κ3) is 3.68. The van der Waals surface area contributed by atoms with Crippen LogP contribution in [0.5, 0.6) is 5.75 Å². The van der Waals surface area contributed by atoms with Crippen LogP contribution in [0.2, 0.25) is 0 Å². The van der Waals surface area contributed by atoms with Crippen molar-refractivity contribution in [3.8, 4) is 5.75 Å². The third-order valence-corrected chi connectivity index (χ3v) is 3.80. The maximum absolute atomic E-state index is 13.6. The zero-order valence-electron chi connectivity index (χ0n) is 13.5. The van der Waals surface area contributed by atoms with Crippen LogP contribution in [-0.2, 0) is 6.42 Å². The van der Waals surface area contributed by atoms with Crippen molar-refractivity contribution < 1.29 is 18.3 Å². The molecule has 0 spiro atoms. The number of hydrogen-bond acceptors (Lipinski definition) is 4. The van der Waals surface area contributed by atoms with Crippen LogP contribution in [0.1, 0.15) is 15.9 Å². The normalized spacial score (nSPS) is 10.6. The Morgan fingerprint density at radius 2 is 2.00 bits per heavy atom. The van der Waals surface area contributed by atoms with Crippen LogP contribution in [0, 0.1) is 5.82 Å². The van der Waals surface area contributed by atoms with E-state index in [2.05, 4.69) is 5.32 Å². The quantitative estimate of drug-likeness (QED) is 0.725. The van der Waals surface area contributed by atoms with E-state index in [-0.39, 0.29) is 17.9 Å². The van der Waals surface area contributed by atoms with Gasteiger partial charge in [-0.1, -0.05) is 24.3 Å². The molecule has 1 heterocycles. The number of ether oxygens (including phenoxy) is 1. The minimum atomic E-state index is -0.688. The Labute approximate surface area is 143 Å². The van der Waals surface area contributed by atoms with Crippen molar-refractivity contribution in [3.63, 3.8) is 0 Å². The molecule has 1 amide bonds. The molecule has 6 heteroatoms. The predicted molar refractivity (Wildman–Crippen MR) is 91.5 cm³/mol. The molecule has 0 atom stereocenters. The van der Waals surface area contributed by atoms with Crippen LogP contribution in [0.15, 0.2) is 57.7 Å². The molecule has 128 valence electrons. The van der Waals surface area contributed by atoms with Gasteiger partial charge >= 0.3 is 5.63 Å². The molecule has 0 aliphatic rings. The molecule has 0 bridgehead atoms. The lowest BCUT2D eigenvalue weighted by molar-refractivity contribution is 0.0950. The number of methoxy groups -OCH3 is 1. The van der Waals surface area contributed by atoms with Gasteiger partial charge in [-0.05, 0) is 36.2 Å². The summed E-state index contributed by atoms with van der Waals surface area (Å²) in [5.41, 5.74) is 0.396. The lowest BCUT2D eigenvalue weighted by Gasteiger charge is -2.07. The van der Waals surface area contributed by atoms with Gasteiger partial charge in [-0.2, -0.15) is 0 Å². The monoisotopic (exact) mass is 341 g/mol. The smallest absolute Gasteiger partial charge is 0.349 e. The first-order chi connectivity index (χ1) is 12.1. The first kappa shape index (κ1) is 16.7. The number of para-hydroxylation sites is 1. The van der Waals surface area contributed by atoms with Gasteiger partial charge in [0.2, 0.25) is 0 Å². The molecule has 0 saturated carbocycles. The zero-order valence-corrected chi connectivity index (χ0v) is 13.5. The number of nitrogens with one attached hydrogen (secondary N) is 1. The summed E-state index contributed by atoms with van der Waals surface area (Å²) in [4.78, 5) is 24.1. The number of rotatable bonds is 5. The number of carbonyl (C=O) groups is 1. The Kier molecular flexibility index (Phi) is 4.79. The molecule has 3 rings (SSSR count). The van der Waals surface area contributed by atoms with Gasteiger partial charge in [0.15, 0.2) is 11.6 Å². The molecule has 0 unspecified atom stereocenters. The summed E-state index contributed by atoms with van der Waals surface area (Å²) in [6.45, 7) is 0.261. The van der Waals surface area contributed by atoms with Gasteiger partial charge in [0.05, 0.1) is 7.11 Å². The summed E-state index contributed by atoms with van der Waals surface area (Å²) >= 11 is 0. The van der Waals surface area contributed by atoms with E-state index in [1.54, 1.807) is 30.3 Å². The molecule has 0 saturated heterocycles. The minimum absolute atomic E-state index is 0.0559. The summed E-state index contributed by atoms with van der Waals surface area (Å²) in [5, 5.41) is 3.32. The number of hydrogen-bond donors (Lipinski definition) is 1. The summed E-state index contributed by atoms with van der Waals surface area (Å²) in [6, 6.07) is 13.1. The van der Waals surface area contributed by atoms with Crippen molar-refractivity contribution in [1.82, 2.24) is 5.32 Å². The molecule has 0 fully saturated rings. The molecule has 5 nitrogen and oxygen atoms in total. The van der Waals surface area contributed by atoms with E-state index >= 15 is 0 Å². The van der Waals surface area contributed by atoms with Crippen LogP contribution in [0.4, 0.5) is 4.39 Å². The van der Waals surface area contributed by atoms with Crippen molar-refractivity contribution in [1.29, 1.82) is 0 Å². The molecule has 1 aromatic heterocycles. The van der Waals surface area contributed by atoms with E-state index in [1.807, 2.05) is 0 Å². The van der Waals surface area contributed by atoms with Crippen LogP contribution in [0.3, 0.4) is 0 Å². The van der Waals surface area contributed by atoms with Gasteiger partial charge in [0.25, 0.3) is 5.91 Å². The largest absolute Gasteiger partial charge is 0.494 e. The minimum Gasteiger partial charge on any atom is -0.494 e. The van der Waals surface area contributed by atoms with Gasteiger partial charge in [-0.25, -0.2) is 9.18 Å². The van der Waals surface area contributed by atoms with Gasteiger partial charge in [0, 0.05) is 11.9 Å². The highest BCUT2D eigenvalue weighted by Crippen LogP contribution is 2.17. The van der Waals surface area contributed by atoms with E-state index in [0.29, 0.717) is 23.0 Å². The predicted octanol–water partition coefficient (Wildman–Crippen LogP) is 2.91. The van der Waals surface area contributed by atoms with Crippen molar-refractivity contribution in [2.75, 3.05) is 13.7 Å². The van der Waals surface area contributed by atoms with Gasteiger partial charge < -0.3 is 14.5 Å². The maximum Gasteiger partial charge on any atom is 0.349 e. The zero-order chi connectivity index (χ0) is 17.8. The lowest BCUT2D eigenvalue weighted by atomic mass is 10.1. The molecule has 0 aliphatic carbocycles. The maximum atomic E-state index is 13.6. The molecular weight excluding hydrogens is 325 g/mol. The molecule has 25 heavy (non-hydrogen) atoms. The highest BCUT2D eigenvalue weighted by molar-refractivity contribution is 5.96. The Hall–Kier alpha value is -3.15. The number of carbonyl (C=O) groups excluding carboxylic acids is 1. The van der Waals surface area contributed by atoms with E-state index in [0.717, 1.165) is 0 Å². The summed E-state index contributed by atoms with van der Waals surface area (Å²) in [7, 11) is 1.40. The first-order valence-electron chi connectivity index (χ1n) is 7.72. The molecule has 1 N–H and O–H groups in total. The molecule has 0 radical (unpaired) electrons. The fraction of sp³-hybridized carbons (Fsp3) is 0.158. The summed E-state index contributed by atoms with van der Waals surface area (Å²) in [6.07, 6.45) is 0.422. The Morgan fingerprint density at radius 1 is 1.20 bits per heavy atom. The fourth-order valence-electron chi connectivity index (χ4n) is 2.50. The number of fused-ring (bicyclic) bond motifs is 1. The summed E-state index contributed by atoms with van der Waals surface area (Å²) in [5.74, 6) is -0.809. The van der Waals surface area contributed by atoms with Crippen LogP contribution >= 0.6 is 0 Å². The first-order valence-corrected chi connectivity index (χ1v) is 7.72. The standard InChI is InChI=1S/C19H16FNO4/c1-24-17-7-6-12(10-15(17)20)8-9-21-18(22)14-11-13-4-2-3-5-16(13)25-19(14)23/h2-7,10-11H,8-9H2,1H3,(H,21,22). The fourth-order valence-corrected chi connectivity index (χ4v) is 2.50. The highest BCUT2D eigenvalue weighted by Gasteiger charge is 2.13. The van der Waals surface area contributed by atoms with E-state index in [4.69, 9.17) is 9.15 Å². The van der Waals surface area contributed by atoms with Crippen LogP contribution in [0.25, 0.3) is 11.0 Å². The second kappa shape index (κ2) is 7.17. The number of amides is 1. The molecule has 3 aromatic rings. The Bertz CT molecular complexity index is 981. The third-order valence-electron chi connectivity index (χ3n) is 3.80. The number of benzene rings is 2. The lowest BCUT2D eigenvalue weighted by Crippen LogP contribution is -2.29. The topological polar surface area (TPSA) is 68.5 Å². The highest BCUT2D eigenvalue weighted by atomic mass is 19.1. The van der Waals surface area contributed by atoms with Gasteiger partial charge in [-0.15, -0.1) is 0 Å². The Morgan fingerprint density at radius 3 is 2.76 bits per heavy atom. The van der Waals surface area contributed by atoms with Crippen molar-refractivity contribution in [2.24, 2.45) is 0 Å². The molecular formula is C19H16FNO4. The average Bonchev–Trinajstić information content (AvgIpc) is 2.61. The average molecular weight is 341 g/mol. The molecule has 0 aliphatic heterocycles. The van der Waals surface area contributed by atoms with E-state index in [1.165, 1.54) is 25.3 Å². The second-order valence-corrected chi connectivity index (χ2v) is 5.46. The van der Waals surface area contributed by atoms with Crippen molar-refractivity contribution in [3.05, 3.63) is 75.9 Å². The van der Waals surface area contributed by atoms with E-state index in [9.17, 15) is 14.0 Å². The van der Waals surface area contributed by atoms with Crippen LogP contribution < -0.4 is 15.7 Å². The van der Waals surface area contributed by atoms with Crippen molar-refractivity contribution >= 4 is 16.9 Å². The van der Waals surface area contributed by atoms with Gasteiger partial charge in [-0.3, -0.25) is 4.79 Å².